The summed E-state index contributed by atoms with van der Waals surface area (Å²) in [4.78, 5) is 5.55. The molecule has 4 aromatic carbocycles. The summed E-state index contributed by atoms with van der Waals surface area (Å²) in [6.45, 7) is 9.05. The molecule has 0 amide bonds. The maximum absolute atomic E-state index is 5.55. The van der Waals surface area contributed by atoms with Gasteiger partial charge < -0.3 is 5.32 Å². The summed E-state index contributed by atoms with van der Waals surface area (Å²) >= 11 is 0. The number of fused-ring (bicyclic) bond motifs is 1. The van der Waals surface area contributed by atoms with Crippen LogP contribution in [0.1, 0.15) is 71.5 Å². The Bertz CT molecular complexity index is 1410. The van der Waals surface area contributed by atoms with Crippen molar-refractivity contribution in [1.82, 2.24) is 10.6 Å². The first kappa shape index (κ1) is 24.8. The molecule has 3 heteroatoms. The van der Waals surface area contributed by atoms with Gasteiger partial charge in [-0.1, -0.05) is 134 Å². The van der Waals surface area contributed by atoms with Gasteiger partial charge in [0.1, 0.15) is 6.17 Å². The van der Waals surface area contributed by atoms with Gasteiger partial charge >= 0.3 is 0 Å². The van der Waals surface area contributed by atoms with Crippen LogP contribution in [-0.4, -0.2) is 5.71 Å². The van der Waals surface area contributed by atoms with Crippen LogP contribution in [0, 0.1) is 25.2 Å². The normalized spacial score (nSPS) is 26.3. The molecule has 38 heavy (non-hydrogen) atoms. The van der Waals surface area contributed by atoms with E-state index in [4.69, 9.17) is 4.99 Å². The van der Waals surface area contributed by atoms with E-state index in [0.717, 1.165) is 0 Å². The molecule has 0 aromatic heterocycles. The van der Waals surface area contributed by atoms with Crippen molar-refractivity contribution in [1.29, 1.82) is 0 Å². The fourth-order valence-electron chi connectivity index (χ4n) is 6.40. The van der Waals surface area contributed by atoms with Crippen molar-refractivity contribution in [3.8, 4) is 0 Å². The monoisotopic (exact) mass is 499 g/mol. The van der Waals surface area contributed by atoms with Gasteiger partial charge in [0.2, 0.25) is 0 Å². The Labute approximate surface area is 227 Å². The molecule has 5 unspecified atom stereocenters. The lowest BCUT2D eigenvalue weighted by atomic mass is 9.62. The van der Waals surface area contributed by atoms with Crippen LogP contribution in [-0.2, 0) is 0 Å². The topological polar surface area (TPSA) is 36.4 Å². The maximum Gasteiger partial charge on any atom is 0.126 e. The molecule has 2 aliphatic rings. The third kappa shape index (κ3) is 4.51. The highest BCUT2D eigenvalue weighted by molar-refractivity contribution is 5.95. The van der Waals surface area contributed by atoms with Crippen molar-refractivity contribution in [2.45, 2.75) is 52.0 Å². The number of hydrogen-bond donors (Lipinski definition) is 2. The smallest absolute Gasteiger partial charge is 0.126 e. The quantitative estimate of drug-likeness (QED) is 0.300. The second-order valence-electron chi connectivity index (χ2n) is 11.5. The zero-order valence-electron chi connectivity index (χ0n) is 22.7. The predicted molar refractivity (Wildman–Crippen MR) is 157 cm³/mol. The molecule has 192 valence electrons. The fourth-order valence-corrected chi connectivity index (χ4v) is 6.40. The molecule has 0 saturated carbocycles. The highest BCUT2D eigenvalue weighted by Gasteiger charge is 2.52. The van der Waals surface area contributed by atoms with E-state index >= 15 is 0 Å². The zero-order valence-corrected chi connectivity index (χ0v) is 22.7. The minimum absolute atomic E-state index is 0.0961. The third-order valence-corrected chi connectivity index (χ3v) is 8.49. The summed E-state index contributed by atoms with van der Waals surface area (Å²) in [5.74, 6) is 0.162. The summed E-state index contributed by atoms with van der Waals surface area (Å²) in [6.07, 6.45) is -0.0961. The van der Waals surface area contributed by atoms with E-state index in [-0.39, 0.29) is 35.6 Å². The van der Waals surface area contributed by atoms with Crippen molar-refractivity contribution in [3.05, 3.63) is 143 Å². The molecule has 4 aromatic rings. The minimum atomic E-state index is -0.189. The maximum atomic E-state index is 5.55. The number of nitrogens with one attached hydrogen (secondary N) is 2. The van der Waals surface area contributed by atoms with E-state index in [2.05, 4.69) is 148 Å². The average Bonchev–Trinajstić information content (AvgIpc) is 2.95. The van der Waals surface area contributed by atoms with Crippen LogP contribution in [0.3, 0.4) is 0 Å². The average molecular weight is 500 g/mol. The Morgan fingerprint density at radius 1 is 0.553 bits per heavy atom. The predicted octanol–water partition coefficient (Wildman–Crippen LogP) is 7.82. The minimum Gasteiger partial charge on any atom is -0.302 e. The molecule has 1 fully saturated rings. The van der Waals surface area contributed by atoms with Crippen LogP contribution in [0.25, 0.3) is 0 Å². The number of piperidine rings is 1. The number of aliphatic imine (C=N–C) groups is 1. The Morgan fingerprint density at radius 3 is 1.55 bits per heavy atom. The van der Waals surface area contributed by atoms with Crippen molar-refractivity contribution >= 4 is 5.71 Å². The Kier molecular flexibility index (Phi) is 6.51. The molecular weight excluding hydrogens is 462 g/mol. The number of aryl methyl sites for hydroxylation is 2. The largest absolute Gasteiger partial charge is 0.302 e. The molecule has 0 bridgehead atoms. The zero-order chi connectivity index (χ0) is 26.3. The Morgan fingerprint density at radius 2 is 1.03 bits per heavy atom. The molecule has 2 heterocycles. The van der Waals surface area contributed by atoms with Crippen LogP contribution in [0.5, 0.6) is 0 Å². The van der Waals surface area contributed by atoms with Gasteiger partial charge in [-0.15, -0.1) is 0 Å². The van der Waals surface area contributed by atoms with E-state index in [1.54, 1.807) is 0 Å². The molecule has 2 aliphatic heterocycles. The lowest BCUT2D eigenvalue weighted by molar-refractivity contribution is 0.181. The highest BCUT2D eigenvalue weighted by Crippen LogP contribution is 2.52. The molecule has 0 radical (unpaired) electrons. The van der Waals surface area contributed by atoms with E-state index in [1.165, 1.54) is 39.1 Å². The van der Waals surface area contributed by atoms with Crippen LogP contribution in [0.4, 0.5) is 0 Å². The van der Waals surface area contributed by atoms with Gasteiger partial charge in [0.15, 0.2) is 0 Å². The molecule has 3 nitrogen and oxygen atoms in total. The van der Waals surface area contributed by atoms with Gasteiger partial charge in [0, 0.05) is 35.2 Å². The van der Waals surface area contributed by atoms with E-state index in [0.29, 0.717) is 0 Å². The molecule has 2 N–H and O–H groups in total. The van der Waals surface area contributed by atoms with E-state index < -0.39 is 0 Å². The van der Waals surface area contributed by atoms with Crippen molar-refractivity contribution in [2.75, 3.05) is 0 Å². The molecule has 0 aliphatic carbocycles. The van der Waals surface area contributed by atoms with Gasteiger partial charge in [-0.05, 0) is 36.1 Å². The van der Waals surface area contributed by atoms with Crippen LogP contribution < -0.4 is 10.6 Å². The molecular formula is C35H37N3. The molecule has 5 atom stereocenters. The summed E-state index contributed by atoms with van der Waals surface area (Å²) < 4.78 is 0. The first-order valence-corrected chi connectivity index (χ1v) is 13.7. The number of nitrogens with zero attached hydrogens (tertiary/aromatic N) is 1. The van der Waals surface area contributed by atoms with Gasteiger partial charge in [-0.25, -0.2) is 0 Å². The van der Waals surface area contributed by atoms with Gasteiger partial charge in [0.25, 0.3) is 0 Å². The number of benzene rings is 4. The van der Waals surface area contributed by atoms with Gasteiger partial charge in [0.05, 0.1) is 0 Å². The van der Waals surface area contributed by atoms with Gasteiger partial charge in [-0.2, -0.15) is 0 Å². The standard InChI is InChI=1S/C35H37N3/c1-23-15-19-25(20-16-23)30-29-31(26-21-17-24(2)18-22-26)37-34(28-13-9-6-10-14-28)38-33(29)35(3,4)32(36-30)27-11-7-5-8-12-27/h5-22,29-32,34,36-37H,1-4H3. The van der Waals surface area contributed by atoms with Crippen molar-refractivity contribution < 1.29 is 0 Å². The molecule has 6 rings (SSSR count). The van der Waals surface area contributed by atoms with Gasteiger partial charge in [-0.3, -0.25) is 10.3 Å². The number of rotatable bonds is 4. The van der Waals surface area contributed by atoms with E-state index in [9.17, 15) is 0 Å². The lowest BCUT2D eigenvalue weighted by Crippen LogP contribution is -2.58. The summed E-state index contributed by atoms with van der Waals surface area (Å²) in [7, 11) is 0. The summed E-state index contributed by atoms with van der Waals surface area (Å²) in [5, 5.41) is 8.12. The highest BCUT2D eigenvalue weighted by atomic mass is 15.2. The Balaban J connectivity index is 1.55. The SMILES string of the molecule is Cc1ccc(C2NC(c3ccccc3)N=C3C2C(c2ccc(C)cc2)NC(c2ccccc2)C3(C)C)cc1. The second-order valence-corrected chi connectivity index (χ2v) is 11.5. The lowest BCUT2D eigenvalue weighted by Gasteiger charge is -2.54. The van der Waals surface area contributed by atoms with Crippen LogP contribution in [0.15, 0.2) is 114 Å². The summed E-state index contributed by atoms with van der Waals surface area (Å²) in [5.41, 5.74) is 8.77. The molecule has 1 saturated heterocycles. The second kappa shape index (κ2) is 9.98. The molecule has 0 spiro atoms. The van der Waals surface area contributed by atoms with Crippen LogP contribution >= 0.6 is 0 Å². The van der Waals surface area contributed by atoms with E-state index in [1.807, 2.05) is 0 Å². The fraction of sp³-hybridized carbons (Fsp3) is 0.286. The Hall–Kier alpha value is -3.53. The van der Waals surface area contributed by atoms with Crippen molar-refractivity contribution in [3.63, 3.8) is 0 Å². The number of hydrogen-bond acceptors (Lipinski definition) is 3. The van der Waals surface area contributed by atoms with Crippen LogP contribution in [0.2, 0.25) is 0 Å². The van der Waals surface area contributed by atoms with Crippen molar-refractivity contribution in [2.24, 2.45) is 16.3 Å². The first-order chi connectivity index (χ1) is 18.4. The summed E-state index contributed by atoms with van der Waals surface area (Å²) in [6, 6.07) is 40.0. The third-order valence-electron chi connectivity index (χ3n) is 8.49. The first-order valence-electron chi connectivity index (χ1n) is 13.7.